The number of benzene rings is 1. The molecular formula is C16H21N3O2. The van der Waals surface area contributed by atoms with Crippen molar-refractivity contribution in [3.8, 4) is 0 Å². The first-order chi connectivity index (χ1) is 10.1. The number of nitro groups is 1. The van der Waals surface area contributed by atoms with Gasteiger partial charge in [0.1, 0.15) is 0 Å². The van der Waals surface area contributed by atoms with Crippen LogP contribution in [-0.4, -0.2) is 9.49 Å². The average molecular weight is 287 g/mol. The Morgan fingerprint density at radius 2 is 2.05 bits per heavy atom. The van der Waals surface area contributed by atoms with E-state index in [1.807, 2.05) is 12.1 Å². The molecule has 1 N–H and O–H groups in total. The summed E-state index contributed by atoms with van der Waals surface area (Å²) in [6.07, 6.45) is 3.19. The highest BCUT2D eigenvalue weighted by Gasteiger charge is 2.12. The Hall–Kier alpha value is -2.14. The van der Waals surface area contributed by atoms with Crippen LogP contribution in [0.2, 0.25) is 0 Å². The van der Waals surface area contributed by atoms with Crippen molar-refractivity contribution < 1.29 is 4.92 Å². The van der Waals surface area contributed by atoms with E-state index in [0.29, 0.717) is 6.54 Å². The van der Waals surface area contributed by atoms with E-state index in [2.05, 4.69) is 29.1 Å². The van der Waals surface area contributed by atoms with Crippen molar-refractivity contribution in [1.29, 1.82) is 0 Å². The maximum atomic E-state index is 10.9. The Labute approximate surface area is 124 Å². The van der Waals surface area contributed by atoms with Gasteiger partial charge < -0.3 is 9.88 Å². The van der Waals surface area contributed by atoms with Crippen LogP contribution in [-0.2, 0) is 19.6 Å². The fraction of sp³-hybridized carbons (Fsp3) is 0.375. The highest BCUT2D eigenvalue weighted by molar-refractivity contribution is 5.44. The molecule has 2 rings (SSSR count). The maximum Gasteiger partial charge on any atom is 0.272 e. The van der Waals surface area contributed by atoms with Gasteiger partial charge in [0.25, 0.3) is 5.69 Å². The lowest BCUT2D eigenvalue weighted by molar-refractivity contribution is -0.385. The quantitative estimate of drug-likeness (QED) is 0.627. The Bertz CT molecular complexity index is 620. The SMILES string of the molecule is CCCn1cccc1CNCc1cccc([N+](=O)[O-])c1C. The van der Waals surface area contributed by atoms with Crippen molar-refractivity contribution >= 4 is 5.69 Å². The molecule has 5 heteroatoms. The summed E-state index contributed by atoms with van der Waals surface area (Å²) in [6, 6.07) is 9.36. The average Bonchev–Trinajstić information content (AvgIpc) is 2.88. The molecule has 0 aliphatic rings. The molecule has 1 aromatic carbocycles. The number of nitro benzene ring substituents is 1. The van der Waals surface area contributed by atoms with Gasteiger partial charge in [0.2, 0.25) is 0 Å². The van der Waals surface area contributed by atoms with Crippen LogP contribution >= 0.6 is 0 Å². The van der Waals surface area contributed by atoms with Gasteiger partial charge in [-0.25, -0.2) is 0 Å². The van der Waals surface area contributed by atoms with E-state index >= 15 is 0 Å². The molecule has 0 aliphatic carbocycles. The summed E-state index contributed by atoms with van der Waals surface area (Å²) in [5.74, 6) is 0. The molecule has 0 fully saturated rings. The van der Waals surface area contributed by atoms with Crippen LogP contribution < -0.4 is 5.32 Å². The van der Waals surface area contributed by atoms with Gasteiger partial charge >= 0.3 is 0 Å². The zero-order chi connectivity index (χ0) is 15.2. The molecule has 0 bridgehead atoms. The van der Waals surface area contributed by atoms with Gasteiger partial charge in [0.05, 0.1) is 4.92 Å². The first kappa shape index (κ1) is 15.3. The predicted molar refractivity (Wildman–Crippen MR) is 83.1 cm³/mol. The van der Waals surface area contributed by atoms with Crippen molar-refractivity contribution in [3.05, 3.63) is 63.5 Å². The molecule has 0 aliphatic heterocycles. The monoisotopic (exact) mass is 287 g/mol. The number of rotatable bonds is 7. The summed E-state index contributed by atoms with van der Waals surface area (Å²) in [7, 11) is 0. The first-order valence-corrected chi connectivity index (χ1v) is 7.21. The van der Waals surface area contributed by atoms with Crippen LogP contribution in [0.25, 0.3) is 0 Å². The number of aromatic nitrogens is 1. The Morgan fingerprint density at radius 1 is 1.24 bits per heavy atom. The fourth-order valence-electron chi connectivity index (χ4n) is 2.45. The van der Waals surface area contributed by atoms with E-state index in [1.54, 1.807) is 19.1 Å². The molecule has 21 heavy (non-hydrogen) atoms. The topological polar surface area (TPSA) is 60.1 Å². The highest BCUT2D eigenvalue weighted by atomic mass is 16.6. The molecule has 112 valence electrons. The van der Waals surface area contributed by atoms with Crippen molar-refractivity contribution in [3.63, 3.8) is 0 Å². The minimum absolute atomic E-state index is 0.184. The van der Waals surface area contributed by atoms with Gasteiger partial charge in [-0.2, -0.15) is 0 Å². The molecule has 0 radical (unpaired) electrons. The standard InChI is InChI=1S/C16H21N3O2/c1-3-9-18-10-5-7-15(18)12-17-11-14-6-4-8-16(13(14)2)19(20)21/h4-8,10,17H,3,9,11-12H2,1-2H3. The third kappa shape index (κ3) is 3.70. The Kier molecular flexibility index (Phi) is 5.11. The molecule has 1 aromatic heterocycles. The lowest BCUT2D eigenvalue weighted by atomic mass is 10.1. The zero-order valence-electron chi connectivity index (χ0n) is 12.5. The van der Waals surface area contributed by atoms with Gasteiger partial charge in [-0.05, 0) is 31.0 Å². The van der Waals surface area contributed by atoms with Crippen LogP contribution in [0.3, 0.4) is 0 Å². The summed E-state index contributed by atoms with van der Waals surface area (Å²) in [6.45, 7) is 6.36. The Morgan fingerprint density at radius 3 is 2.76 bits per heavy atom. The minimum atomic E-state index is -0.328. The van der Waals surface area contributed by atoms with Gasteiger partial charge in [0.15, 0.2) is 0 Å². The summed E-state index contributed by atoms with van der Waals surface area (Å²) in [5.41, 5.74) is 3.13. The number of hydrogen-bond acceptors (Lipinski definition) is 3. The summed E-state index contributed by atoms with van der Waals surface area (Å²) in [4.78, 5) is 10.6. The van der Waals surface area contributed by atoms with E-state index in [0.717, 1.165) is 30.6 Å². The van der Waals surface area contributed by atoms with Gasteiger partial charge in [-0.15, -0.1) is 0 Å². The molecule has 0 saturated carbocycles. The largest absolute Gasteiger partial charge is 0.350 e. The first-order valence-electron chi connectivity index (χ1n) is 7.21. The summed E-state index contributed by atoms with van der Waals surface area (Å²) in [5, 5.41) is 14.3. The second-order valence-corrected chi connectivity index (χ2v) is 5.11. The summed E-state index contributed by atoms with van der Waals surface area (Å²) >= 11 is 0. The predicted octanol–water partition coefficient (Wildman–Crippen LogP) is 3.40. The number of aryl methyl sites for hydroxylation is 1. The molecule has 0 unspecified atom stereocenters. The molecule has 1 heterocycles. The normalized spacial score (nSPS) is 10.8. The van der Waals surface area contributed by atoms with Crippen LogP contribution in [0.5, 0.6) is 0 Å². The number of nitrogens with zero attached hydrogens (tertiary/aromatic N) is 2. The van der Waals surface area contributed by atoms with Gasteiger partial charge in [-0.1, -0.05) is 19.1 Å². The molecular weight excluding hydrogens is 266 g/mol. The minimum Gasteiger partial charge on any atom is -0.350 e. The molecule has 0 amide bonds. The van der Waals surface area contributed by atoms with Crippen LogP contribution in [0, 0.1) is 17.0 Å². The molecule has 0 atom stereocenters. The third-order valence-corrected chi connectivity index (χ3v) is 3.62. The van der Waals surface area contributed by atoms with E-state index in [9.17, 15) is 10.1 Å². The number of nitrogens with one attached hydrogen (secondary N) is 1. The maximum absolute atomic E-state index is 10.9. The van der Waals surface area contributed by atoms with Gasteiger partial charge in [-0.3, -0.25) is 10.1 Å². The van der Waals surface area contributed by atoms with Gasteiger partial charge in [0, 0.05) is 43.2 Å². The molecule has 0 spiro atoms. The van der Waals surface area contributed by atoms with E-state index in [4.69, 9.17) is 0 Å². The fourth-order valence-corrected chi connectivity index (χ4v) is 2.45. The van der Waals surface area contributed by atoms with Crippen LogP contribution in [0.4, 0.5) is 5.69 Å². The zero-order valence-corrected chi connectivity index (χ0v) is 12.5. The van der Waals surface area contributed by atoms with Crippen molar-refractivity contribution in [2.24, 2.45) is 0 Å². The second kappa shape index (κ2) is 7.04. The van der Waals surface area contributed by atoms with Crippen molar-refractivity contribution in [2.45, 2.75) is 39.9 Å². The molecule has 0 saturated heterocycles. The smallest absolute Gasteiger partial charge is 0.272 e. The molecule has 2 aromatic rings. The van der Waals surface area contributed by atoms with Crippen molar-refractivity contribution in [1.82, 2.24) is 9.88 Å². The van der Waals surface area contributed by atoms with Crippen LogP contribution in [0.1, 0.15) is 30.2 Å². The van der Waals surface area contributed by atoms with Crippen molar-refractivity contribution in [2.75, 3.05) is 0 Å². The molecule has 5 nitrogen and oxygen atoms in total. The highest BCUT2D eigenvalue weighted by Crippen LogP contribution is 2.20. The second-order valence-electron chi connectivity index (χ2n) is 5.11. The van der Waals surface area contributed by atoms with E-state index in [-0.39, 0.29) is 10.6 Å². The lowest BCUT2D eigenvalue weighted by Gasteiger charge is -2.10. The third-order valence-electron chi connectivity index (χ3n) is 3.62. The Balaban J connectivity index is 1.99. The number of hydrogen-bond donors (Lipinski definition) is 1. The van der Waals surface area contributed by atoms with Crippen LogP contribution in [0.15, 0.2) is 36.5 Å². The lowest BCUT2D eigenvalue weighted by Crippen LogP contribution is -2.16. The van der Waals surface area contributed by atoms with E-state index < -0.39 is 0 Å². The van der Waals surface area contributed by atoms with E-state index in [1.165, 1.54) is 5.69 Å². The summed E-state index contributed by atoms with van der Waals surface area (Å²) < 4.78 is 2.23.